The Balaban J connectivity index is 1.33. The number of hydrogen-bond donors (Lipinski definition) is 1. The van der Waals surface area contributed by atoms with Crippen molar-refractivity contribution in [3.05, 3.63) is 90.3 Å². The summed E-state index contributed by atoms with van der Waals surface area (Å²) in [7, 11) is 1.62. The molecule has 0 amide bonds. The lowest BCUT2D eigenvalue weighted by atomic mass is 10.2. The van der Waals surface area contributed by atoms with E-state index in [1.54, 1.807) is 7.11 Å². The van der Waals surface area contributed by atoms with Crippen LogP contribution < -0.4 is 14.8 Å². The molecule has 0 saturated heterocycles. The molecule has 0 unspecified atom stereocenters. The molecule has 4 rings (SSSR count). The molecule has 0 radical (unpaired) electrons. The number of rotatable bonds is 8. The molecule has 0 aliphatic heterocycles. The van der Waals surface area contributed by atoms with Crippen molar-refractivity contribution in [2.24, 2.45) is 0 Å². The van der Waals surface area contributed by atoms with E-state index in [-0.39, 0.29) is 0 Å². The highest BCUT2D eigenvalue weighted by Crippen LogP contribution is 2.28. The molecule has 6 nitrogen and oxygen atoms in total. The highest BCUT2D eigenvalue weighted by atomic mass is 16.5. The molecule has 0 atom stereocenters. The van der Waals surface area contributed by atoms with E-state index in [2.05, 4.69) is 15.5 Å². The van der Waals surface area contributed by atoms with Crippen LogP contribution in [0, 0.1) is 0 Å². The topological polar surface area (TPSA) is 69.4 Å². The molecule has 0 saturated carbocycles. The zero-order valence-electron chi connectivity index (χ0n) is 16.0. The Hall–Kier alpha value is -3.80. The number of anilines is 1. The van der Waals surface area contributed by atoms with Crippen LogP contribution >= 0.6 is 0 Å². The predicted octanol–water partition coefficient (Wildman–Crippen LogP) is 4.94. The molecule has 4 aromatic rings. The number of ether oxygens (including phenoxy) is 2. The Kier molecular flexibility index (Phi) is 5.71. The van der Waals surface area contributed by atoms with Gasteiger partial charge in [0.05, 0.1) is 19.2 Å². The highest BCUT2D eigenvalue weighted by molar-refractivity contribution is 5.62. The highest BCUT2D eigenvalue weighted by Gasteiger charge is 2.12. The Labute approximate surface area is 169 Å². The van der Waals surface area contributed by atoms with Crippen LogP contribution in [0.15, 0.2) is 83.3 Å². The zero-order chi connectivity index (χ0) is 19.9. The first-order chi connectivity index (χ1) is 14.3. The van der Waals surface area contributed by atoms with Crippen molar-refractivity contribution in [1.29, 1.82) is 0 Å². The van der Waals surface area contributed by atoms with Crippen LogP contribution in [0.3, 0.4) is 0 Å². The van der Waals surface area contributed by atoms with Gasteiger partial charge in [-0.2, -0.15) is 0 Å². The van der Waals surface area contributed by atoms with Crippen LogP contribution in [0.25, 0.3) is 11.5 Å². The van der Waals surface area contributed by atoms with E-state index in [1.807, 2.05) is 78.9 Å². The summed E-state index contributed by atoms with van der Waals surface area (Å²) in [6, 6.07) is 25.4. The second kappa shape index (κ2) is 8.93. The molecule has 3 aromatic carbocycles. The van der Waals surface area contributed by atoms with Gasteiger partial charge in [-0.05, 0) is 42.0 Å². The van der Waals surface area contributed by atoms with Crippen molar-refractivity contribution in [2.45, 2.75) is 13.2 Å². The van der Waals surface area contributed by atoms with Crippen molar-refractivity contribution in [3.63, 3.8) is 0 Å². The fourth-order valence-corrected chi connectivity index (χ4v) is 2.84. The van der Waals surface area contributed by atoms with Crippen LogP contribution in [0.2, 0.25) is 0 Å². The van der Waals surface area contributed by atoms with E-state index >= 15 is 0 Å². The van der Waals surface area contributed by atoms with Gasteiger partial charge in [-0.1, -0.05) is 42.5 Å². The molecule has 0 bridgehead atoms. The standard InChI is InChI=1S/C23H21N3O3/c1-27-21-10-6-5-9-20(21)23-26-25-22(29-23)15-24-18-11-13-19(14-12-18)28-16-17-7-3-2-4-8-17/h2-14,24H,15-16H2,1H3. The van der Waals surface area contributed by atoms with Crippen molar-refractivity contribution in [3.8, 4) is 23.0 Å². The Morgan fingerprint density at radius 2 is 1.62 bits per heavy atom. The molecule has 1 N–H and O–H groups in total. The lowest BCUT2D eigenvalue weighted by Crippen LogP contribution is -2.00. The number of methoxy groups -OCH3 is 1. The summed E-state index contributed by atoms with van der Waals surface area (Å²) < 4.78 is 16.9. The Morgan fingerprint density at radius 1 is 0.862 bits per heavy atom. The number of nitrogens with one attached hydrogen (secondary N) is 1. The van der Waals surface area contributed by atoms with Crippen LogP contribution in [0.1, 0.15) is 11.5 Å². The maximum absolute atomic E-state index is 5.80. The van der Waals surface area contributed by atoms with E-state index < -0.39 is 0 Å². The summed E-state index contributed by atoms with van der Waals surface area (Å²) >= 11 is 0. The van der Waals surface area contributed by atoms with Gasteiger partial charge in [-0.25, -0.2) is 0 Å². The van der Waals surface area contributed by atoms with Gasteiger partial charge >= 0.3 is 0 Å². The average Bonchev–Trinajstić information content (AvgIpc) is 3.26. The van der Waals surface area contributed by atoms with E-state index in [0.717, 1.165) is 22.6 Å². The van der Waals surface area contributed by atoms with Gasteiger partial charge in [-0.15, -0.1) is 10.2 Å². The summed E-state index contributed by atoms with van der Waals surface area (Å²) in [4.78, 5) is 0. The average molecular weight is 387 g/mol. The molecular formula is C23H21N3O3. The lowest BCUT2D eigenvalue weighted by molar-refractivity contribution is 0.306. The van der Waals surface area contributed by atoms with Crippen LogP contribution in [0.5, 0.6) is 11.5 Å². The normalized spacial score (nSPS) is 10.5. The molecule has 0 aliphatic rings. The molecule has 0 fully saturated rings. The Bertz CT molecular complexity index is 1050. The first-order valence-corrected chi connectivity index (χ1v) is 9.28. The second-order valence-corrected chi connectivity index (χ2v) is 6.35. The van der Waals surface area contributed by atoms with Gasteiger partial charge in [0.15, 0.2) is 0 Å². The van der Waals surface area contributed by atoms with E-state index in [9.17, 15) is 0 Å². The number of nitrogens with zero attached hydrogens (tertiary/aromatic N) is 2. The SMILES string of the molecule is COc1ccccc1-c1nnc(CNc2ccc(OCc3ccccc3)cc2)o1. The fourth-order valence-electron chi connectivity index (χ4n) is 2.84. The van der Waals surface area contributed by atoms with E-state index in [0.29, 0.717) is 30.7 Å². The van der Waals surface area contributed by atoms with Gasteiger partial charge in [-0.3, -0.25) is 0 Å². The Morgan fingerprint density at radius 3 is 2.41 bits per heavy atom. The monoisotopic (exact) mass is 387 g/mol. The van der Waals surface area contributed by atoms with Crippen molar-refractivity contribution < 1.29 is 13.9 Å². The number of benzene rings is 3. The second-order valence-electron chi connectivity index (χ2n) is 6.35. The molecular weight excluding hydrogens is 366 g/mol. The van der Waals surface area contributed by atoms with Gasteiger partial charge in [0.2, 0.25) is 5.89 Å². The zero-order valence-corrected chi connectivity index (χ0v) is 16.0. The van der Waals surface area contributed by atoms with Crippen LogP contribution in [-0.4, -0.2) is 17.3 Å². The van der Waals surface area contributed by atoms with Gasteiger partial charge < -0.3 is 19.2 Å². The number of aromatic nitrogens is 2. The molecule has 0 spiro atoms. The third-order valence-corrected chi connectivity index (χ3v) is 4.35. The predicted molar refractivity (Wildman–Crippen MR) is 111 cm³/mol. The summed E-state index contributed by atoms with van der Waals surface area (Å²) in [5.74, 6) is 2.44. The summed E-state index contributed by atoms with van der Waals surface area (Å²) in [6.45, 7) is 0.966. The summed E-state index contributed by atoms with van der Waals surface area (Å²) in [6.07, 6.45) is 0. The molecule has 6 heteroatoms. The van der Waals surface area contributed by atoms with Gasteiger partial charge in [0, 0.05) is 5.69 Å². The van der Waals surface area contributed by atoms with Crippen molar-refractivity contribution in [1.82, 2.24) is 10.2 Å². The van der Waals surface area contributed by atoms with Gasteiger partial charge in [0.1, 0.15) is 18.1 Å². The minimum Gasteiger partial charge on any atom is -0.496 e. The maximum atomic E-state index is 5.80. The number of hydrogen-bond acceptors (Lipinski definition) is 6. The van der Waals surface area contributed by atoms with Crippen molar-refractivity contribution in [2.75, 3.05) is 12.4 Å². The molecule has 29 heavy (non-hydrogen) atoms. The quantitative estimate of drug-likeness (QED) is 0.462. The van der Waals surface area contributed by atoms with E-state index in [4.69, 9.17) is 13.9 Å². The minimum atomic E-state index is 0.423. The lowest BCUT2D eigenvalue weighted by Gasteiger charge is -2.08. The maximum Gasteiger partial charge on any atom is 0.251 e. The molecule has 146 valence electrons. The minimum absolute atomic E-state index is 0.423. The third-order valence-electron chi connectivity index (χ3n) is 4.35. The third kappa shape index (κ3) is 4.73. The molecule has 1 heterocycles. The molecule has 0 aliphatic carbocycles. The molecule has 1 aromatic heterocycles. The number of para-hydroxylation sites is 1. The summed E-state index contributed by atoms with van der Waals surface area (Å²) in [5.41, 5.74) is 2.85. The smallest absolute Gasteiger partial charge is 0.251 e. The van der Waals surface area contributed by atoms with Crippen molar-refractivity contribution >= 4 is 5.69 Å². The fraction of sp³-hybridized carbons (Fsp3) is 0.130. The van der Waals surface area contributed by atoms with Crippen LogP contribution in [-0.2, 0) is 13.2 Å². The van der Waals surface area contributed by atoms with Crippen LogP contribution in [0.4, 0.5) is 5.69 Å². The first-order valence-electron chi connectivity index (χ1n) is 9.28. The first kappa shape index (κ1) is 18.6. The van der Waals surface area contributed by atoms with Gasteiger partial charge in [0.25, 0.3) is 5.89 Å². The summed E-state index contributed by atoms with van der Waals surface area (Å²) in [5, 5.41) is 11.5. The largest absolute Gasteiger partial charge is 0.496 e. The van der Waals surface area contributed by atoms with E-state index in [1.165, 1.54) is 0 Å².